The molecular weight excluding hydrogens is 172 g/mol. The van der Waals surface area contributed by atoms with Gasteiger partial charge in [-0.3, -0.25) is 5.10 Å². The SMILES string of the molecule is Cc1[nH]nc2c(C#N)c(N)sc12. The molecule has 2 rings (SSSR count). The zero-order valence-corrected chi connectivity index (χ0v) is 7.20. The second-order valence-electron chi connectivity index (χ2n) is 2.48. The Balaban J connectivity index is 2.94. The highest BCUT2D eigenvalue weighted by molar-refractivity contribution is 7.23. The zero-order chi connectivity index (χ0) is 8.72. The normalized spacial score (nSPS) is 10.3. The van der Waals surface area contributed by atoms with Crippen molar-refractivity contribution in [2.45, 2.75) is 6.92 Å². The number of nitrogens with two attached hydrogens (primary N) is 1. The zero-order valence-electron chi connectivity index (χ0n) is 6.38. The van der Waals surface area contributed by atoms with Crippen molar-refractivity contribution in [3.05, 3.63) is 11.3 Å². The van der Waals surface area contributed by atoms with Crippen LogP contribution in [0.1, 0.15) is 11.3 Å². The van der Waals surface area contributed by atoms with E-state index in [4.69, 9.17) is 11.0 Å². The standard InChI is InChI=1S/C7H6N4S/c1-3-6-5(11-10-3)4(2-8)7(9)12-6/h9H2,1H3,(H,10,11). The summed E-state index contributed by atoms with van der Waals surface area (Å²) in [7, 11) is 0. The molecule has 5 heteroatoms. The van der Waals surface area contributed by atoms with Gasteiger partial charge >= 0.3 is 0 Å². The lowest BCUT2D eigenvalue weighted by molar-refractivity contribution is 1.07. The van der Waals surface area contributed by atoms with E-state index in [0.717, 1.165) is 10.4 Å². The molecule has 2 aromatic heterocycles. The lowest BCUT2D eigenvalue weighted by Crippen LogP contribution is -1.83. The van der Waals surface area contributed by atoms with Crippen molar-refractivity contribution in [3.63, 3.8) is 0 Å². The number of nitrogen functional groups attached to an aromatic ring is 1. The molecule has 0 saturated carbocycles. The van der Waals surface area contributed by atoms with Crippen LogP contribution in [0.25, 0.3) is 10.2 Å². The Morgan fingerprint density at radius 2 is 2.42 bits per heavy atom. The fourth-order valence-corrected chi connectivity index (χ4v) is 2.01. The Morgan fingerprint density at radius 3 is 3.08 bits per heavy atom. The first-order chi connectivity index (χ1) is 5.74. The number of nitrogens with one attached hydrogen (secondary N) is 1. The molecule has 0 aliphatic heterocycles. The van der Waals surface area contributed by atoms with E-state index in [-0.39, 0.29) is 0 Å². The third-order valence-electron chi connectivity index (χ3n) is 1.70. The second-order valence-corrected chi connectivity index (χ2v) is 3.53. The monoisotopic (exact) mass is 178 g/mol. The molecule has 0 radical (unpaired) electrons. The van der Waals surface area contributed by atoms with E-state index in [0.29, 0.717) is 16.1 Å². The van der Waals surface area contributed by atoms with E-state index in [1.807, 2.05) is 13.0 Å². The first-order valence-corrected chi connectivity index (χ1v) is 4.18. The number of hydrogen-bond donors (Lipinski definition) is 2. The quantitative estimate of drug-likeness (QED) is 0.639. The minimum Gasteiger partial charge on any atom is -0.389 e. The Bertz CT molecular complexity index is 473. The van der Waals surface area contributed by atoms with Crippen LogP contribution in [0.2, 0.25) is 0 Å². The van der Waals surface area contributed by atoms with Crippen molar-refractivity contribution in [3.8, 4) is 6.07 Å². The maximum Gasteiger partial charge on any atom is 0.123 e. The van der Waals surface area contributed by atoms with Gasteiger partial charge in [0, 0.05) is 0 Å². The molecule has 60 valence electrons. The molecule has 0 fully saturated rings. The highest BCUT2D eigenvalue weighted by atomic mass is 32.1. The summed E-state index contributed by atoms with van der Waals surface area (Å²) < 4.78 is 0.976. The minimum absolute atomic E-state index is 0.486. The summed E-state index contributed by atoms with van der Waals surface area (Å²) in [6.45, 7) is 1.91. The van der Waals surface area contributed by atoms with Gasteiger partial charge in [-0.25, -0.2) is 0 Å². The summed E-state index contributed by atoms with van der Waals surface area (Å²) in [6.07, 6.45) is 0. The van der Waals surface area contributed by atoms with Gasteiger partial charge in [-0.05, 0) is 6.92 Å². The molecule has 4 nitrogen and oxygen atoms in total. The van der Waals surface area contributed by atoms with Crippen molar-refractivity contribution in [2.24, 2.45) is 0 Å². The fourth-order valence-electron chi connectivity index (χ4n) is 1.10. The molecule has 0 amide bonds. The molecule has 0 saturated heterocycles. The van der Waals surface area contributed by atoms with Gasteiger partial charge in [0.05, 0.1) is 10.4 Å². The van der Waals surface area contributed by atoms with Crippen LogP contribution in [0.4, 0.5) is 5.00 Å². The van der Waals surface area contributed by atoms with E-state index in [1.54, 1.807) is 0 Å². The van der Waals surface area contributed by atoms with Crippen LogP contribution in [0.3, 0.4) is 0 Å². The Hall–Kier alpha value is -1.54. The molecule has 12 heavy (non-hydrogen) atoms. The fraction of sp³-hybridized carbons (Fsp3) is 0.143. The number of rotatable bonds is 0. The molecule has 0 aliphatic carbocycles. The predicted octanol–water partition coefficient (Wildman–Crippen LogP) is 1.39. The molecule has 0 aromatic carbocycles. The number of anilines is 1. The summed E-state index contributed by atoms with van der Waals surface area (Å²) in [6, 6.07) is 2.03. The number of fused-ring (bicyclic) bond motifs is 1. The highest BCUT2D eigenvalue weighted by Gasteiger charge is 2.13. The van der Waals surface area contributed by atoms with Gasteiger partial charge in [-0.1, -0.05) is 0 Å². The van der Waals surface area contributed by atoms with Gasteiger partial charge in [0.15, 0.2) is 0 Å². The van der Waals surface area contributed by atoms with E-state index >= 15 is 0 Å². The molecule has 3 N–H and O–H groups in total. The van der Waals surface area contributed by atoms with Crippen LogP contribution in [0.5, 0.6) is 0 Å². The van der Waals surface area contributed by atoms with Gasteiger partial charge in [0.2, 0.25) is 0 Å². The van der Waals surface area contributed by atoms with E-state index in [9.17, 15) is 0 Å². The van der Waals surface area contributed by atoms with Gasteiger partial charge in [0.1, 0.15) is 22.2 Å². The largest absolute Gasteiger partial charge is 0.389 e. The Morgan fingerprint density at radius 1 is 1.67 bits per heavy atom. The van der Waals surface area contributed by atoms with Crippen molar-refractivity contribution in [1.29, 1.82) is 5.26 Å². The second kappa shape index (κ2) is 2.22. The number of nitriles is 1. The van der Waals surface area contributed by atoms with Crippen LogP contribution in [0, 0.1) is 18.3 Å². The summed E-state index contributed by atoms with van der Waals surface area (Å²) >= 11 is 1.40. The highest BCUT2D eigenvalue weighted by Crippen LogP contribution is 2.32. The number of thiophene rings is 1. The number of aromatic nitrogens is 2. The van der Waals surface area contributed by atoms with E-state index in [1.165, 1.54) is 11.3 Å². The summed E-state index contributed by atoms with van der Waals surface area (Å²) in [4.78, 5) is 0. The molecule has 2 heterocycles. The van der Waals surface area contributed by atoms with Crippen molar-refractivity contribution < 1.29 is 0 Å². The average Bonchev–Trinajstić information content (AvgIpc) is 2.52. The molecule has 0 atom stereocenters. The van der Waals surface area contributed by atoms with Gasteiger partial charge in [0.25, 0.3) is 0 Å². The smallest absolute Gasteiger partial charge is 0.123 e. The summed E-state index contributed by atoms with van der Waals surface area (Å²) in [5.41, 5.74) is 7.76. The maximum absolute atomic E-state index is 8.74. The third kappa shape index (κ3) is 0.726. The first kappa shape index (κ1) is 7.13. The first-order valence-electron chi connectivity index (χ1n) is 3.37. The lowest BCUT2D eigenvalue weighted by Gasteiger charge is -1.82. The topological polar surface area (TPSA) is 78.5 Å². The van der Waals surface area contributed by atoms with Crippen LogP contribution in [-0.2, 0) is 0 Å². The van der Waals surface area contributed by atoms with Crippen LogP contribution in [0.15, 0.2) is 0 Å². The predicted molar refractivity (Wildman–Crippen MR) is 47.8 cm³/mol. The summed E-state index contributed by atoms with van der Waals surface area (Å²) in [5, 5.41) is 16.1. The Labute approximate surface area is 72.6 Å². The number of aryl methyl sites for hydroxylation is 1. The lowest BCUT2D eigenvalue weighted by atomic mass is 10.3. The summed E-state index contributed by atoms with van der Waals surface area (Å²) in [5.74, 6) is 0. The number of hydrogen-bond acceptors (Lipinski definition) is 4. The van der Waals surface area contributed by atoms with Crippen LogP contribution in [-0.4, -0.2) is 10.2 Å². The number of H-pyrrole nitrogens is 1. The van der Waals surface area contributed by atoms with E-state index in [2.05, 4.69) is 10.2 Å². The van der Waals surface area contributed by atoms with Gasteiger partial charge < -0.3 is 5.73 Å². The Kier molecular flexibility index (Phi) is 1.32. The molecular formula is C7H6N4S. The number of nitrogens with zero attached hydrogens (tertiary/aromatic N) is 2. The van der Waals surface area contributed by atoms with E-state index < -0.39 is 0 Å². The van der Waals surface area contributed by atoms with Gasteiger partial charge in [-0.15, -0.1) is 11.3 Å². The molecule has 0 bridgehead atoms. The number of aromatic amines is 1. The van der Waals surface area contributed by atoms with Crippen molar-refractivity contribution >= 4 is 26.6 Å². The van der Waals surface area contributed by atoms with Crippen LogP contribution >= 0.6 is 11.3 Å². The third-order valence-corrected chi connectivity index (χ3v) is 2.83. The molecule has 0 unspecified atom stereocenters. The molecule has 2 aromatic rings. The van der Waals surface area contributed by atoms with Crippen LogP contribution < -0.4 is 5.73 Å². The maximum atomic E-state index is 8.74. The average molecular weight is 178 g/mol. The van der Waals surface area contributed by atoms with Crippen molar-refractivity contribution in [1.82, 2.24) is 10.2 Å². The molecule has 0 spiro atoms. The molecule has 0 aliphatic rings. The van der Waals surface area contributed by atoms with Crippen molar-refractivity contribution in [2.75, 3.05) is 5.73 Å². The minimum atomic E-state index is 0.486. The van der Waals surface area contributed by atoms with Gasteiger partial charge in [-0.2, -0.15) is 10.4 Å².